The fourth-order valence-electron chi connectivity index (χ4n) is 0.00758. The number of rotatable bonds is 0. The molecule has 0 rings (SSSR count). The Bertz CT molecular complexity index is 50.9. The molecule has 0 unspecified atom stereocenters. The Labute approximate surface area is 85.4 Å². The van der Waals surface area contributed by atoms with E-state index in [0.29, 0.717) is 0 Å². The van der Waals surface area contributed by atoms with Crippen LogP contribution in [0.1, 0.15) is 0 Å². The van der Waals surface area contributed by atoms with Crippen LogP contribution in [0.5, 0.6) is 0 Å². The molecule has 0 heterocycles. The molecular weight excluding hydrogens is 485 g/mol. The molecule has 0 bridgehead atoms. The summed E-state index contributed by atoms with van der Waals surface area (Å²) in [6.07, 6.45) is -0.826. The zero-order chi connectivity index (χ0) is 4.99. The molecular formula is CH3Ag2BiO3. The summed E-state index contributed by atoms with van der Waals surface area (Å²) in [6, 6.07) is 0. The van der Waals surface area contributed by atoms with E-state index >= 15 is 0 Å². The van der Waals surface area contributed by atoms with Gasteiger partial charge in [-0.3, -0.25) is 0 Å². The number of hydrogen-bond donors (Lipinski definition) is 0. The molecule has 0 aliphatic heterocycles. The van der Waals surface area contributed by atoms with Crippen molar-refractivity contribution < 1.29 is 54.2 Å². The van der Waals surface area contributed by atoms with Crippen molar-refractivity contribution in [3.8, 4) is 0 Å². The average Bonchev–Trinajstić information content (AvgIpc) is 1.65. The Morgan fingerprint density at radius 3 is 1.57 bits per heavy atom. The Morgan fingerprint density at radius 2 is 1.57 bits per heavy atom. The van der Waals surface area contributed by atoms with Crippen molar-refractivity contribution in [2.45, 2.75) is 0 Å². The predicted octanol–water partition coefficient (Wildman–Crippen LogP) is -1.12. The summed E-state index contributed by atoms with van der Waals surface area (Å²) in [7, 11) is 0. The summed E-state index contributed by atoms with van der Waals surface area (Å²) in [5, 5.41) is 0. The molecule has 0 amide bonds. The van der Waals surface area contributed by atoms with Crippen LogP contribution in [-0.4, -0.2) is 32.4 Å². The minimum atomic E-state index is -0.826. The standard InChI is InChI=1S/CH2O3.2Ag.Bi.3H/c2-1(3)4;;;;;;/h(H2,2,3,4);;;;;;/q;2*+1;;;;/p-2. The molecule has 0 saturated carbocycles. The molecule has 52 valence electrons. The van der Waals surface area contributed by atoms with Crippen LogP contribution in [-0.2, 0) is 49.4 Å². The average molecular weight is 488 g/mol. The van der Waals surface area contributed by atoms with Gasteiger partial charge in [-0.05, 0) is 0 Å². The Kier molecular flexibility index (Phi) is 12.5. The SMILES string of the molecule is O=C([O][Ag])[O][Ag].[BiH3]. The molecule has 7 heavy (non-hydrogen) atoms. The van der Waals surface area contributed by atoms with Gasteiger partial charge in [0.1, 0.15) is 0 Å². The van der Waals surface area contributed by atoms with E-state index in [9.17, 15) is 4.79 Å². The van der Waals surface area contributed by atoms with E-state index in [4.69, 9.17) is 0 Å². The van der Waals surface area contributed by atoms with Gasteiger partial charge in [0.25, 0.3) is 0 Å². The summed E-state index contributed by atoms with van der Waals surface area (Å²) in [6.45, 7) is 0. The van der Waals surface area contributed by atoms with Crippen molar-refractivity contribution >= 4 is 32.4 Å². The second-order valence-electron chi connectivity index (χ2n) is 0.373. The van der Waals surface area contributed by atoms with Crippen LogP contribution in [0.3, 0.4) is 0 Å². The van der Waals surface area contributed by atoms with Crippen molar-refractivity contribution in [3.05, 3.63) is 0 Å². The molecule has 3 nitrogen and oxygen atoms in total. The number of carbonyl (C=O) groups excluding carboxylic acids is 1. The fourth-order valence-corrected chi connectivity index (χ4v) is 0.265. The van der Waals surface area contributed by atoms with Crippen molar-refractivity contribution in [1.29, 1.82) is 0 Å². The second kappa shape index (κ2) is 7.63. The third-order valence-corrected chi connectivity index (χ3v) is 0.595. The van der Waals surface area contributed by atoms with E-state index in [1.807, 2.05) is 0 Å². The van der Waals surface area contributed by atoms with Gasteiger partial charge in [0.2, 0.25) is 0 Å². The molecule has 0 aromatic heterocycles. The van der Waals surface area contributed by atoms with E-state index in [2.05, 4.69) is 49.4 Å². The molecule has 0 aliphatic rings. The van der Waals surface area contributed by atoms with E-state index in [0.717, 1.165) is 0 Å². The number of hydrogen-bond acceptors (Lipinski definition) is 3. The Morgan fingerprint density at radius 1 is 1.29 bits per heavy atom. The minimum absolute atomic E-state index is 0. The van der Waals surface area contributed by atoms with Crippen molar-refractivity contribution in [3.63, 3.8) is 0 Å². The van der Waals surface area contributed by atoms with Gasteiger partial charge in [-0.25, -0.2) is 0 Å². The maximum absolute atomic E-state index is 9.64. The zero-order valence-electron chi connectivity index (χ0n) is 3.03. The van der Waals surface area contributed by atoms with Gasteiger partial charge in [0.15, 0.2) is 0 Å². The van der Waals surface area contributed by atoms with E-state index < -0.39 is 6.16 Å². The first-order valence-corrected chi connectivity index (χ1v) is 2.07. The Balaban J connectivity index is 0. The van der Waals surface area contributed by atoms with Crippen LogP contribution in [0.4, 0.5) is 4.79 Å². The molecule has 0 fully saturated rings. The first-order chi connectivity index (χ1) is 2.81. The van der Waals surface area contributed by atoms with Gasteiger partial charge in [0, 0.05) is 0 Å². The van der Waals surface area contributed by atoms with Crippen LogP contribution < -0.4 is 0 Å². The summed E-state index contributed by atoms with van der Waals surface area (Å²) in [5.41, 5.74) is 0. The van der Waals surface area contributed by atoms with Crippen LogP contribution in [0.15, 0.2) is 0 Å². The second-order valence-corrected chi connectivity index (χ2v) is 0.978. The maximum atomic E-state index is 9.64. The van der Waals surface area contributed by atoms with Gasteiger partial charge in [-0.15, -0.1) is 0 Å². The summed E-state index contributed by atoms with van der Waals surface area (Å²) >= 11 is 4.77. The van der Waals surface area contributed by atoms with Crippen LogP contribution >= 0.6 is 0 Å². The predicted molar refractivity (Wildman–Crippen MR) is 17.5 cm³/mol. The first-order valence-electron chi connectivity index (χ1n) is 0.859. The first kappa shape index (κ1) is 11.4. The van der Waals surface area contributed by atoms with Crippen LogP contribution in [0, 0.1) is 0 Å². The molecule has 0 atom stereocenters. The molecule has 0 aliphatic carbocycles. The monoisotopic (exact) mass is 486 g/mol. The summed E-state index contributed by atoms with van der Waals surface area (Å²) < 4.78 is 7.60. The van der Waals surface area contributed by atoms with Gasteiger partial charge < -0.3 is 0 Å². The zero-order valence-corrected chi connectivity index (χ0v) is 11.5. The van der Waals surface area contributed by atoms with Crippen LogP contribution in [0.2, 0.25) is 0 Å². The van der Waals surface area contributed by atoms with E-state index in [-0.39, 0.29) is 26.2 Å². The topological polar surface area (TPSA) is 35.5 Å². The normalized spacial score (nSPS) is 6.29. The molecule has 0 spiro atoms. The molecule has 0 aromatic carbocycles. The van der Waals surface area contributed by atoms with Crippen molar-refractivity contribution in [1.82, 2.24) is 0 Å². The van der Waals surface area contributed by atoms with E-state index in [1.165, 1.54) is 0 Å². The molecule has 0 saturated heterocycles. The van der Waals surface area contributed by atoms with Crippen LogP contribution in [0.25, 0.3) is 0 Å². The third kappa shape index (κ3) is 7.63. The molecule has 0 aromatic rings. The van der Waals surface area contributed by atoms with Gasteiger partial charge in [-0.1, -0.05) is 0 Å². The quantitative estimate of drug-likeness (QED) is 0.406. The fraction of sp³-hybridized carbons (Fsp3) is 0. The molecule has 0 N–H and O–H groups in total. The Hall–Kier alpha value is 1.63. The van der Waals surface area contributed by atoms with Gasteiger partial charge >= 0.3 is 86.6 Å². The molecule has 6 heteroatoms. The van der Waals surface area contributed by atoms with Gasteiger partial charge in [0.05, 0.1) is 0 Å². The molecule has 0 radical (unpaired) electrons. The summed E-state index contributed by atoms with van der Waals surface area (Å²) in [5.74, 6) is 0. The van der Waals surface area contributed by atoms with Crippen molar-refractivity contribution in [2.75, 3.05) is 0 Å². The third-order valence-electron chi connectivity index (χ3n) is 0.101. The van der Waals surface area contributed by atoms with Gasteiger partial charge in [-0.2, -0.15) is 0 Å². The van der Waals surface area contributed by atoms with Crippen molar-refractivity contribution in [2.24, 2.45) is 0 Å². The number of carbonyl (C=O) groups is 1. The summed E-state index contributed by atoms with van der Waals surface area (Å²) in [4.78, 5) is 9.64. The van der Waals surface area contributed by atoms with E-state index in [1.54, 1.807) is 0 Å².